The van der Waals surface area contributed by atoms with Crippen LogP contribution in [0.4, 0.5) is 5.69 Å². The molecule has 4 aromatic rings. The molecule has 0 aliphatic heterocycles. The molecule has 4 rings (SSSR count). The van der Waals surface area contributed by atoms with Gasteiger partial charge in [0.2, 0.25) is 0 Å². The Bertz CT molecular complexity index is 1240. The number of H-pyrrole nitrogens is 1. The number of halogens is 1. The van der Waals surface area contributed by atoms with Crippen molar-refractivity contribution in [1.82, 2.24) is 19.7 Å². The van der Waals surface area contributed by atoms with Crippen LogP contribution in [0.25, 0.3) is 33.3 Å². The summed E-state index contributed by atoms with van der Waals surface area (Å²) in [5.74, 6) is 0.781. The lowest BCUT2D eigenvalue weighted by Gasteiger charge is -2.13. The van der Waals surface area contributed by atoms with E-state index in [-0.39, 0.29) is 0 Å². The molecule has 150 valence electrons. The Kier molecular flexibility index (Phi) is 5.24. The monoisotopic (exact) mass is 519 g/mol. The van der Waals surface area contributed by atoms with E-state index in [2.05, 4.69) is 45.1 Å². The van der Waals surface area contributed by atoms with Crippen LogP contribution in [0.15, 0.2) is 29.6 Å². The van der Waals surface area contributed by atoms with Crippen LogP contribution < -0.4 is 10.5 Å². The average Bonchev–Trinajstić information content (AvgIpc) is 3.25. The van der Waals surface area contributed by atoms with Crippen molar-refractivity contribution in [3.63, 3.8) is 0 Å². The van der Waals surface area contributed by atoms with Crippen LogP contribution in [0.5, 0.6) is 5.75 Å². The predicted octanol–water partition coefficient (Wildman–Crippen LogP) is 5.59. The van der Waals surface area contributed by atoms with Crippen LogP contribution in [-0.4, -0.2) is 26.9 Å². The smallest absolute Gasteiger partial charge is 0.139 e. The van der Waals surface area contributed by atoms with Gasteiger partial charge in [0.1, 0.15) is 11.4 Å². The van der Waals surface area contributed by atoms with Crippen molar-refractivity contribution in [1.29, 1.82) is 0 Å². The minimum absolute atomic E-state index is 0.711. The van der Waals surface area contributed by atoms with Gasteiger partial charge in [0.25, 0.3) is 0 Å². The summed E-state index contributed by atoms with van der Waals surface area (Å²) in [5.41, 5.74) is 15.4. The van der Waals surface area contributed by atoms with Gasteiger partial charge in [0.15, 0.2) is 0 Å². The maximum absolute atomic E-state index is 6.29. The third-order valence-corrected chi connectivity index (χ3v) is 7.34. The molecule has 0 saturated heterocycles. The summed E-state index contributed by atoms with van der Waals surface area (Å²) in [5, 5.41) is 6.54. The van der Waals surface area contributed by atoms with E-state index < -0.39 is 0 Å². The fraction of sp³-hybridized carbons (Fsp3) is 0.238. The van der Waals surface area contributed by atoms with Gasteiger partial charge in [-0.25, -0.2) is 4.98 Å². The summed E-state index contributed by atoms with van der Waals surface area (Å²) < 4.78 is 7.45. The Morgan fingerprint density at radius 3 is 2.52 bits per heavy atom. The second-order valence-corrected chi connectivity index (χ2v) is 8.97. The molecule has 0 atom stereocenters. The minimum atomic E-state index is 0.711. The van der Waals surface area contributed by atoms with E-state index in [0.29, 0.717) is 5.69 Å². The van der Waals surface area contributed by atoms with Crippen molar-refractivity contribution in [2.75, 3.05) is 12.8 Å². The minimum Gasteiger partial charge on any atom is -0.496 e. The summed E-state index contributed by atoms with van der Waals surface area (Å²) in [6, 6.07) is 4.06. The number of pyridine rings is 1. The van der Waals surface area contributed by atoms with Crippen LogP contribution >= 0.6 is 30.1 Å². The molecule has 8 heteroatoms. The van der Waals surface area contributed by atoms with Crippen LogP contribution in [0.1, 0.15) is 16.8 Å². The SMILES string of the molecule is COc1cc(-c2c(SI)[nH]c3ncc(-c4cnn(C)c4C)c(C)c23)cc(N)c1C. The Morgan fingerprint density at radius 1 is 1.14 bits per heavy atom. The van der Waals surface area contributed by atoms with E-state index in [0.717, 1.165) is 60.9 Å². The highest BCUT2D eigenvalue weighted by molar-refractivity contribution is 14.2. The first-order valence-corrected chi connectivity index (χ1v) is 12.5. The summed E-state index contributed by atoms with van der Waals surface area (Å²) in [4.78, 5) is 8.20. The molecule has 3 aromatic heterocycles. The first-order valence-electron chi connectivity index (χ1n) is 9.10. The molecule has 0 saturated carbocycles. The van der Waals surface area contributed by atoms with Crippen molar-refractivity contribution in [2.24, 2.45) is 7.05 Å². The lowest BCUT2D eigenvalue weighted by molar-refractivity contribution is 0.412. The van der Waals surface area contributed by atoms with Gasteiger partial charge in [-0.2, -0.15) is 5.10 Å². The normalized spacial score (nSPS) is 11.4. The van der Waals surface area contributed by atoms with Gasteiger partial charge < -0.3 is 15.5 Å². The van der Waals surface area contributed by atoms with E-state index in [9.17, 15) is 0 Å². The standard InChI is InChI=1S/C21H22IN5OS/c1-10-14(15-9-25-27(4)12(15)3)8-24-20-18(10)19(21(26-20)29-22)13-6-16(23)11(2)17(7-13)28-5/h6-9H,23H2,1-5H3,(H,24,26). The summed E-state index contributed by atoms with van der Waals surface area (Å²) in [7, 11) is 5.26. The molecule has 3 N–H and O–H groups in total. The van der Waals surface area contributed by atoms with E-state index in [1.807, 2.05) is 43.2 Å². The summed E-state index contributed by atoms with van der Waals surface area (Å²) in [6.07, 6.45) is 3.83. The fourth-order valence-electron chi connectivity index (χ4n) is 3.72. The number of methoxy groups -OCH3 is 1. The number of nitrogens with two attached hydrogens (primary N) is 1. The Balaban J connectivity index is 2.05. The topological polar surface area (TPSA) is 81.8 Å². The zero-order valence-electron chi connectivity index (χ0n) is 16.9. The highest BCUT2D eigenvalue weighted by Crippen LogP contribution is 2.45. The number of aromatic nitrogens is 4. The number of nitrogens with zero attached hydrogens (tertiary/aromatic N) is 3. The van der Waals surface area contributed by atoms with E-state index in [1.54, 1.807) is 16.0 Å². The number of hydrogen-bond acceptors (Lipinski definition) is 5. The molecule has 0 unspecified atom stereocenters. The van der Waals surface area contributed by atoms with Crippen molar-refractivity contribution < 1.29 is 4.74 Å². The lowest BCUT2D eigenvalue weighted by atomic mass is 9.96. The quantitative estimate of drug-likeness (QED) is 0.272. The number of nitrogen functional groups attached to an aromatic ring is 1. The highest BCUT2D eigenvalue weighted by Gasteiger charge is 2.21. The van der Waals surface area contributed by atoms with E-state index >= 15 is 0 Å². The molecule has 0 fully saturated rings. The van der Waals surface area contributed by atoms with Gasteiger partial charge >= 0.3 is 0 Å². The second-order valence-electron chi connectivity index (χ2n) is 7.09. The number of aryl methyl sites for hydroxylation is 2. The maximum atomic E-state index is 6.29. The number of nitrogens with one attached hydrogen (secondary N) is 1. The number of fused-ring (bicyclic) bond motifs is 1. The van der Waals surface area contributed by atoms with Crippen LogP contribution in [0.3, 0.4) is 0 Å². The maximum Gasteiger partial charge on any atom is 0.139 e. The van der Waals surface area contributed by atoms with Gasteiger partial charge in [0, 0.05) is 73.5 Å². The average molecular weight is 519 g/mol. The first kappa shape index (κ1) is 20.1. The molecule has 29 heavy (non-hydrogen) atoms. The van der Waals surface area contributed by atoms with Crippen LogP contribution in [-0.2, 0) is 7.05 Å². The summed E-state index contributed by atoms with van der Waals surface area (Å²) in [6.45, 7) is 6.18. The fourth-order valence-corrected chi connectivity index (χ4v) is 5.14. The molecule has 0 radical (unpaired) electrons. The van der Waals surface area contributed by atoms with Gasteiger partial charge in [0.05, 0.1) is 18.3 Å². The van der Waals surface area contributed by atoms with Crippen molar-refractivity contribution in [2.45, 2.75) is 25.8 Å². The predicted molar refractivity (Wildman–Crippen MR) is 129 cm³/mol. The molecule has 0 aliphatic rings. The number of anilines is 1. The number of ether oxygens (including phenoxy) is 1. The number of rotatable bonds is 4. The number of aromatic amines is 1. The number of benzene rings is 1. The highest BCUT2D eigenvalue weighted by atomic mass is 127. The van der Waals surface area contributed by atoms with E-state index in [1.165, 1.54) is 0 Å². The lowest BCUT2D eigenvalue weighted by Crippen LogP contribution is -1.96. The Labute approximate surface area is 185 Å². The largest absolute Gasteiger partial charge is 0.496 e. The Hall–Kier alpha value is -2.20. The van der Waals surface area contributed by atoms with Crippen LogP contribution in [0.2, 0.25) is 0 Å². The summed E-state index contributed by atoms with van der Waals surface area (Å²) >= 11 is 2.30. The number of hydrogen-bond donors (Lipinski definition) is 2. The van der Waals surface area contributed by atoms with Crippen molar-refractivity contribution in [3.05, 3.63) is 41.3 Å². The molecule has 0 amide bonds. The molecule has 0 bridgehead atoms. The first-order chi connectivity index (χ1) is 13.9. The molecular formula is C21H22IN5OS. The third-order valence-electron chi connectivity index (χ3n) is 5.56. The van der Waals surface area contributed by atoms with Crippen LogP contribution in [0, 0.1) is 20.8 Å². The molecular weight excluding hydrogens is 497 g/mol. The van der Waals surface area contributed by atoms with Crippen molar-refractivity contribution in [3.8, 4) is 28.0 Å². The molecule has 0 aliphatic carbocycles. The molecule has 0 spiro atoms. The second kappa shape index (κ2) is 7.56. The van der Waals surface area contributed by atoms with Gasteiger partial charge in [-0.1, -0.05) is 0 Å². The third kappa shape index (κ3) is 3.18. The van der Waals surface area contributed by atoms with Crippen molar-refractivity contribution >= 4 is 46.9 Å². The van der Waals surface area contributed by atoms with E-state index in [4.69, 9.17) is 15.5 Å². The molecule has 6 nitrogen and oxygen atoms in total. The Morgan fingerprint density at radius 2 is 1.90 bits per heavy atom. The van der Waals surface area contributed by atoms with Gasteiger partial charge in [-0.3, -0.25) is 4.68 Å². The van der Waals surface area contributed by atoms with Gasteiger partial charge in [-0.15, -0.1) is 0 Å². The molecule has 3 heterocycles. The molecule has 1 aromatic carbocycles. The zero-order valence-corrected chi connectivity index (χ0v) is 19.9. The van der Waals surface area contributed by atoms with Gasteiger partial charge in [-0.05, 0) is 53.0 Å². The zero-order chi connectivity index (χ0) is 20.9.